The number of unbranched alkanes of at least 4 members (excludes halogenated alkanes) is 10. The Bertz CT molecular complexity index is 379. The van der Waals surface area contributed by atoms with Crippen LogP contribution in [0.15, 0.2) is 30.6 Å². The SMILES string of the molecule is CCCCCCCCCCCCCC(CC)CCC[n+]1ccccc1.[Cl-]. The molecule has 0 N–H and O–H groups in total. The van der Waals surface area contributed by atoms with Crippen LogP contribution >= 0.6 is 0 Å². The molecule has 1 heterocycles. The molecular weight excluding hydrogens is 338 g/mol. The number of rotatable bonds is 17. The second-order valence-corrected chi connectivity index (χ2v) is 7.85. The van der Waals surface area contributed by atoms with E-state index in [0.29, 0.717) is 0 Å². The molecule has 1 nitrogen and oxygen atoms in total. The van der Waals surface area contributed by atoms with E-state index in [1.165, 1.54) is 103 Å². The smallest absolute Gasteiger partial charge is 0.168 e. The second-order valence-electron chi connectivity index (χ2n) is 7.85. The first-order valence-electron chi connectivity index (χ1n) is 11.3. The highest BCUT2D eigenvalue weighted by Crippen LogP contribution is 2.20. The average Bonchev–Trinajstić information content (AvgIpc) is 2.65. The largest absolute Gasteiger partial charge is 1.00 e. The van der Waals surface area contributed by atoms with Crippen LogP contribution in [0.2, 0.25) is 0 Å². The zero-order valence-corrected chi connectivity index (χ0v) is 18.4. The molecule has 2 heteroatoms. The van der Waals surface area contributed by atoms with E-state index in [0.717, 1.165) is 5.92 Å². The minimum absolute atomic E-state index is 0. The maximum absolute atomic E-state index is 2.37. The van der Waals surface area contributed by atoms with E-state index in [-0.39, 0.29) is 12.4 Å². The van der Waals surface area contributed by atoms with Gasteiger partial charge in [0.1, 0.15) is 6.54 Å². The fourth-order valence-corrected chi connectivity index (χ4v) is 3.80. The number of pyridine rings is 1. The molecule has 26 heavy (non-hydrogen) atoms. The molecule has 0 radical (unpaired) electrons. The van der Waals surface area contributed by atoms with Gasteiger partial charge in [0.2, 0.25) is 0 Å². The molecule has 152 valence electrons. The zero-order chi connectivity index (χ0) is 18.0. The van der Waals surface area contributed by atoms with Crippen molar-refractivity contribution in [3.63, 3.8) is 0 Å². The standard InChI is InChI=1S/C24H44N.ClH/c1-3-5-6-7-8-9-10-11-12-13-15-19-24(4-2)20-18-23-25-21-16-14-17-22-25;/h14,16-17,21-22,24H,3-13,15,18-20,23H2,1-2H3;1H/q+1;/p-1. The Morgan fingerprint density at radius 2 is 1.12 bits per heavy atom. The Morgan fingerprint density at radius 3 is 1.65 bits per heavy atom. The third kappa shape index (κ3) is 14.6. The lowest BCUT2D eigenvalue weighted by molar-refractivity contribution is -0.697. The number of nitrogens with zero attached hydrogens (tertiary/aromatic N) is 1. The van der Waals surface area contributed by atoms with Crippen LogP contribution in [0.25, 0.3) is 0 Å². The van der Waals surface area contributed by atoms with Gasteiger partial charge in [0, 0.05) is 18.6 Å². The number of hydrogen-bond donors (Lipinski definition) is 0. The van der Waals surface area contributed by atoms with Crippen molar-refractivity contribution in [2.24, 2.45) is 5.92 Å². The predicted octanol–water partition coefficient (Wildman–Crippen LogP) is 4.49. The molecule has 0 aromatic carbocycles. The Labute approximate surface area is 170 Å². The molecule has 0 spiro atoms. The van der Waals surface area contributed by atoms with E-state index in [4.69, 9.17) is 0 Å². The maximum Gasteiger partial charge on any atom is 0.168 e. The highest BCUT2D eigenvalue weighted by molar-refractivity contribution is 4.83. The van der Waals surface area contributed by atoms with Crippen LogP contribution in [0, 0.1) is 5.92 Å². The second kappa shape index (κ2) is 19.2. The topological polar surface area (TPSA) is 3.88 Å². The molecule has 1 aromatic rings. The first-order chi connectivity index (χ1) is 12.4. The van der Waals surface area contributed by atoms with Gasteiger partial charge in [0.15, 0.2) is 12.4 Å². The molecular formula is C24H44ClN. The molecule has 0 bridgehead atoms. The van der Waals surface area contributed by atoms with Crippen molar-refractivity contribution in [3.8, 4) is 0 Å². The third-order valence-electron chi connectivity index (χ3n) is 5.60. The van der Waals surface area contributed by atoms with Crippen molar-refractivity contribution in [1.29, 1.82) is 0 Å². The predicted molar refractivity (Wildman–Crippen MR) is 111 cm³/mol. The molecule has 0 aliphatic rings. The summed E-state index contributed by atoms with van der Waals surface area (Å²) in [7, 11) is 0. The molecule has 0 saturated carbocycles. The van der Waals surface area contributed by atoms with Gasteiger partial charge >= 0.3 is 0 Å². The van der Waals surface area contributed by atoms with E-state index in [1.54, 1.807) is 0 Å². The quantitative estimate of drug-likeness (QED) is 0.276. The first-order valence-corrected chi connectivity index (χ1v) is 11.3. The summed E-state index contributed by atoms with van der Waals surface area (Å²) < 4.78 is 2.31. The highest BCUT2D eigenvalue weighted by atomic mass is 35.5. The normalized spacial score (nSPS) is 11.9. The van der Waals surface area contributed by atoms with Crippen molar-refractivity contribution < 1.29 is 17.0 Å². The van der Waals surface area contributed by atoms with Crippen LogP contribution in [0.1, 0.15) is 110 Å². The van der Waals surface area contributed by atoms with Gasteiger partial charge in [-0.05, 0) is 12.3 Å². The van der Waals surface area contributed by atoms with Crippen LogP contribution < -0.4 is 17.0 Å². The van der Waals surface area contributed by atoms with Crippen molar-refractivity contribution >= 4 is 0 Å². The van der Waals surface area contributed by atoms with Crippen molar-refractivity contribution in [3.05, 3.63) is 30.6 Å². The number of hydrogen-bond acceptors (Lipinski definition) is 0. The van der Waals surface area contributed by atoms with E-state index in [1.807, 2.05) is 0 Å². The molecule has 1 unspecified atom stereocenters. The molecule has 0 aliphatic carbocycles. The minimum Gasteiger partial charge on any atom is -1.00 e. The van der Waals surface area contributed by atoms with E-state index < -0.39 is 0 Å². The summed E-state index contributed by atoms with van der Waals surface area (Å²) in [4.78, 5) is 0. The Hall–Kier alpha value is -0.560. The monoisotopic (exact) mass is 381 g/mol. The van der Waals surface area contributed by atoms with Gasteiger partial charge in [0.25, 0.3) is 0 Å². The third-order valence-corrected chi connectivity index (χ3v) is 5.60. The molecule has 1 atom stereocenters. The maximum atomic E-state index is 2.37. The van der Waals surface area contributed by atoms with Gasteiger partial charge in [-0.1, -0.05) is 103 Å². The van der Waals surface area contributed by atoms with Crippen LogP contribution in [-0.2, 0) is 6.54 Å². The van der Waals surface area contributed by atoms with E-state index in [2.05, 4.69) is 49.0 Å². The van der Waals surface area contributed by atoms with Gasteiger partial charge in [-0.25, -0.2) is 4.57 Å². The van der Waals surface area contributed by atoms with E-state index >= 15 is 0 Å². The molecule has 0 fully saturated rings. The van der Waals surface area contributed by atoms with Crippen molar-refractivity contribution in [2.75, 3.05) is 0 Å². The minimum atomic E-state index is 0. The van der Waals surface area contributed by atoms with Gasteiger partial charge in [0.05, 0.1) is 0 Å². The van der Waals surface area contributed by atoms with Gasteiger partial charge in [-0.2, -0.15) is 0 Å². The first kappa shape index (κ1) is 25.4. The fraction of sp³-hybridized carbons (Fsp3) is 0.792. The van der Waals surface area contributed by atoms with Gasteiger partial charge in [-0.15, -0.1) is 0 Å². The van der Waals surface area contributed by atoms with Crippen LogP contribution in [0.5, 0.6) is 0 Å². The summed E-state index contributed by atoms with van der Waals surface area (Å²) in [6.07, 6.45) is 25.9. The Morgan fingerprint density at radius 1 is 0.615 bits per heavy atom. The summed E-state index contributed by atoms with van der Waals surface area (Å²) in [6.45, 7) is 5.85. The van der Waals surface area contributed by atoms with Gasteiger partial charge < -0.3 is 12.4 Å². The Balaban J connectivity index is 0.00000625. The highest BCUT2D eigenvalue weighted by Gasteiger charge is 2.07. The molecule has 0 aliphatic heterocycles. The van der Waals surface area contributed by atoms with Crippen LogP contribution in [0.3, 0.4) is 0 Å². The number of halogens is 1. The Kier molecular flexibility index (Phi) is 18.8. The summed E-state index contributed by atoms with van der Waals surface area (Å²) >= 11 is 0. The molecule has 1 aromatic heterocycles. The summed E-state index contributed by atoms with van der Waals surface area (Å²) in [6, 6.07) is 6.35. The number of aryl methyl sites for hydroxylation is 1. The molecule has 0 amide bonds. The van der Waals surface area contributed by atoms with Gasteiger partial charge in [-0.3, -0.25) is 0 Å². The average molecular weight is 382 g/mol. The lowest BCUT2D eigenvalue weighted by atomic mass is 9.93. The lowest BCUT2D eigenvalue weighted by Crippen LogP contribution is -3.00. The zero-order valence-electron chi connectivity index (χ0n) is 17.6. The number of aromatic nitrogens is 1. The van der Waals surface area contributed by atoms with Crippen molar-refractivity contribution in [2.45, 2.75) is 117 Å². The summed E-state index contributed by atoms with van der Waals surface area (Å²) in [5.41, 5.74) is 0. The summed E-state index contributed by atoms with van der Waals surface area (Å²) in [5.74, 6) is 0.947. The fourth-order valence-electron chi connectivity index (χ4n) is 3.80. The van der Waals surface area contributed by atoms with Crippen LogP contribution in [-0.4, -0.2) is 0 Å². The molecule has 1 rings (SSSR count). The van der Waals surface area contributed by atoms with Crippen molar-refractivity contribution in [1.82, 2.24) is 0 Å². The lowest BCUT2D eigenvalue weighted by Gasteiger charge is -2.13. The van der Waals surface area contributed by atoms with Crippen LogP contribution in [0.4, 0.5) is 0 Å². The van der Waals surface area contributed by atoms with E-state index in [9.17, 15) is 0 Å². The molecule has 0 saturated heterocycles. The summed E-state index contributed by atoms with van der Waals surface area (Å²) in [5, 5.41) is 0.